The maximum atomic E-state index is 11.7. The van der Waals surface area contributed by atoms with Gasteiger partial charge in [0.1, 0.15) is 11.6 Å². The zero-order valence-electron chi connectivity index (χ0n) is 8.79. The molecule has 80 valence electrons. The topological polar surface area (TPSA) is 64.6 Å². The highest BCUT2D eigenvalue weighted by atomic mass is 16.5. The number of alkyl carbamates (subject to hydrolysis) is 1. The summed E-state index contributed by atoms with van der Waals surface area (Å²) in [5.74, 6) is -0.129. The Labute approximate surface area is 82.8 Å². The first kappa shape index (κ1) is 11.0. The van der Waals surface area contributed by atoms with Gasteiger partial charge in [-0.05, 0) is 20.8 Å². The molecule has 5 heteroatoms. The highest BCUT2D eigenvalue weighted by Crippen LogP contribution is 2.26. The summed E-state index contributed by atoms with van der Waals surface area (Å²) < 4.78 is 9.82. The molecule has 0 aromatic rings. The van der Waals surface area contributed by atoms with Crippen molar-refractivity contribution >= 4 is 11.9 Å². The van der Waals surface area contributed by atoms with Crippen LogP contribution in [0.5, 0.6) is 0 Å². The summed E-state index contributed by atoms with van der Waals surface area (Å²) >= 11 is 0. The van der Waals surface area contributed by atoms with Crippen molar-refractivity contribution in [3.8, 4) is 0 Å². The van der Waals surface area contributed by atoms with Crippen LogP contribution in [-0.2, 0) is 14.3 Å². The molecule has 1 rings (SSSR count). The monoisotopic (exact) mass is 201 g/mol. The van der Waals surface area contributed by atoms with Gasteiger partial charge in [0.25, 0.3) is 0 Å². The Balaban J connectivity index is 2.71. The fraction of sp³-hybridized carbons (Fsp3) is 0.778. The Morgan fingerprint density at radius 3 is 2.50 bits per heavy atom. The van der Waals surface area contributed by atoms with Gasteiger partial charge in [-0.25, -0.2) is 4.79 Å². The molecule has 0 saturated carbocycles. The second-order valence-electron chi connectivity index (χ2n) is 3.81. The average molecular weight is 201 g/mol. The zero-order valence-corrected chi connectivity index (χ0v) is 8.79. The molecular formula is C9H15NO4. The fourth-order valence-corrected chi connectivity index (χ4v) is 1.55. The van der Waals surface area contributed by atoms with Gasteiger partial charge in [-0.15, -0.1) is 0 Å². The molecule has 1 aliphatic rings. The third-order valence-electron chi connectivity index (χ3n) is 2.28. The van der Waals surface area contributed by atoms with E-state index in [2.05, 4.69) is 10.1 Å². The fourth-order valence-electron chi connectivity index (χ4n) is 1.55. The quantitative estimate of drug-likeness (QED) is 0.670. The Morgan fingerprint density at radius 1 is 1.57 bits per heavy atom. The van der Waals surface area contributed by atoms with Gasteiger partial charge in [0.05, 0.1) is 13.2 Å². The van der Waals surface area contributed by atoms with Crippen LogP contribution in [0.15, 0.2) is 0 Å². The average Bonchev–Trinajstić information content (AvgIpc) is 2.28. The van der Waals surface area contributed by atoms with Crippen LogP contribution >= 0.6 is 0 Å². The second-order valence-corrected chi connectivity index (χ2v) is 3.81. The van der Waals surface area contributed by atoms with Crippen molar-refractivity contribution in [1.29, 1.82) is 0 Å². The molecule has 0 spiro atoms. The molecule has 1 amide bonds. The molecule has 0 radical (unpaired) electrons. The number of ketones is 1. The lowest BCUT2D eigenvalue weighted by molar-refractivity contribution is -0.130. The predicted octanol–water partition coefficient (Wildman–Crippen LogP) is 0.477. The number of carbonyl (C=O) groups is 2. The molecule has 0 aromatic heterocycles. The number of hydrogen-bond donors (Lipinski definition) is 1. The summed E-state index contributed by atoms with van der Waals surface area (Å²) in [6, 6.07) is -0.613. The van der Waals surface area contributed by atoms with E-state index in [1.54, 1.807) is 20.8 Å². The molecule has 0 unspecified atom stereocenters. The van der Waals surface area contributed by atoms with Crippen LogP contribution < -0.4 is 5.32 Å². The summed E-state index contributed by atoms with van der Waals surface area (Å²) in [6.45, 7) is 5.11. The Hall–Kier alpha value is -1.10. The van der Waals surface area contributed by atoms with Crippen molar-refractivity contribution < 1.29 is 19.1 Å². The molecular weight excluding hydrogens is 186 g/mol. The number of methoxy groups -OCH3 is 1. The van der Waals surface area contributed by atoms with Crippen LogP contribution in [0.2, 0.25) is 0 Å². The van der Waals surface area contributed by atoms with Crippen LogP contribution in [0.25, 0.3) is 0 Å². The van der Waals surface area contributed by atoms with Gasteiger partial charge in [0.2, 0.25) is 0 Å². The summed E-state index contributed by atoms with van der Waals surface area (Å²) in [4.78, 5) is 22.6. The number of nitrogens with one attached hydrogen (secondary N) is 1. The van der Waals surface area contributed by atoms with E-state index in [1.807, 2.05) is 0 Å². The Bertz CT molecular complexity index is 262. The van der Waals surface area contributed by atoms with Crippen LogP contribution in [0.1, 0.15) is 20.8 Å². The van der Waals surface area contributed by atoms with Gasteiger partial charge in [-0.2, -0.15) is 0 Å². The van der Waals surface area contributed by atoms with Gasteiger partial charge in [-0.1, -0.05) is 0 Å². The summed E-state index contributed by atoms with van der Waals surface area (Å²) in [7, 11) is 1.26. The van der Waals surface area contributed by atoms with E-state index in [0.717, 1.165) is 0 Å². The molecule has 14 heavy (non-hydrogen) atoms. The smallest absolute Gasteiger partial charge is 0.407 e. The van der Waals surface area contributed by atoms with Gasteiger partial charge in [0, 0.05) is 0 Å². The van der Waals surface area contributed by atoms with E-state index < -0.39 is 17.7 Å². The highest BCUT2D eigenvalue weighted by molar-refractivity contribution is 5.95. The van der Waals surface area contributed by atoms with Gasteiger partial charge < -0.3 is 14.8 Å². The van der Waals surface area contributed by atoms with Crippen LogP contribution in [0.4, 0.5) is 4.79 Å². The standard InChI is InChI=1S/C9H15NO4/c1-5-6(10-8(12)13-4)7(11)9(2,3)14-5/h5-6H,1-4H3,(H,10,12)/t5-,6-/m0/s1. The second kappa shape index (κ2) is 3.57. The van der Waals surface area contributed by atoms with E-state index in [0.29, 0.717) is 0 Å². The van der Waals surface area contributed by atoms with Crippen molar-refractivity contribution in [2.45, 2.75) is 38.5 Å². The molecule has 2 atom stereocenters. The molecule has 0 aromatic carbocycles. The predicted molar refractivity (Wildman–Crippen MR) is 49.0 cm³/mol. The van der Waals surface area contributed by atoms with E-state index in [-0.39, 0.29) is 11.9 Å². The molecule has 0 aliphatic carbocycles. The van der Waals surface area contributed by atoms with E-state index in [9.17, 15) is 9.59 Å². The molecule has 1 aliphatic heterocycles. The van der Waals surface area contributed by atoms with Crippen molar-refractivity contribution in [3.63, 3.8) is 0 Å². The lowest BCUT2D eigenvalue weighted by atomic mass is 9.99. The Kier molecular flexibility index (Phi) is 2.80. The van der Waals surface area contributed by atoms with Crippen molar-refractivity contribution in [2.24, 2.45) is 0 Å². The maximum Gasteiger partial charge on any atom is 0.407 e. The third kappa shape index (κ3) is 1.87. The molecule has 5 nitrogen and oxygen atoms in total. The molecule has 0 bridgehead atoms. The largest absolute Gasteiger partial charge is 0.453 e. The minimum atomic E-state index is -0.828. The summed E-state index contributed by atoms with van der Waals surface area (Å²) in [6.07, 6.45) is -0.937. The first-order chi connectivity index (χ1) is 6.38. The minimum absolute atomic E-state index is 0.129. The molecule has 1 fully saturated rings. The van der Waals surface area contributed by atoms with Crippen LogP contribution in [0, 0.1) is 0 Å². The van der Waals surface area contributed by atoms with Crippen molar-refractivity contribution in [1.82, 2.24) is 5.32 Å². The molecule has 1 heterocycles. The summed E-state index contributed by atoms with van der Waals surface area (Å²) in [5, 5.41) is 2.45. The number of rotatable bonds is 1. The zero-order chi connectivity index (χ0) is 10.9. The van der Waals surface area contributed by atoms with Gasteiger partial charge >= 0.3 is 6.09 Å². The van der Waals surface area contributed by atoms with Gasteiger partial charge in [0.15, 0.2) is 5.78 Å². The van der Waals surface area contributed by atoms with Gasteiger partial charge in [-0.3, -0.25) is 4.79 Å². The molecule has 1 N–H and O–H groups in total. The van der Waals surface area contributed by atoms with Crippen LogP contribution in [0.3, 0.4) is 0 Å². The number of Topliss-reactive ketones (excluding diaryl/α,β-unsaturated/α-hetero) is 1. The van der Waals surface area contributed by atoms with E-state index in [1.165, 1.54) is 7.11 Å². The number of carbonyl (C=O) groups excluding carboxylic acids is 2. The lowest BCUT2D eigenvalue weighted by Crippen LogP contribution is -2.45. The highest BCUT2D eigenvalue weighted by Gasteiger charge is 2.47. The third-order valence-corrected chi connectivity index (χ3v) is 2.28. The Morgan fingerprint density at radius 2 is 2.14 bits per heavy atom. The maximum absolute atomic E-state index is 11.7. The first-order valence-corrected chi connectivity index (χ1v) is 4.45. The normalized spacial score (nSPS) is 30.1. The first-order valence-electron chi connectivity index (χ1n) is 4.45. The van der Waals surface area contributed by atoms with Crippen molar-refractivity contribution in [2.75, 3.05) is 7.11 Å². The number of hydrogen-bond acceptors (Lipinski definition) is 4. The number of amides is 1. The van der Waals surface area contributed by atoms with Crippen LogP contribution in [-0.4, -0.2) is 36.7 Å². The van der Waals surface area contributed by atoms with Crippen molar-refractivity contribution in [3.05, 3.63) is 0 Å². The van der Waals surface area contributed by atoms with E-state index >= 15 is 0 Å². The minimum Gasteiger partial charge on any atom is -0.453 e. The SMILES string of the molecule is COC(=O)N[C@@H]1C(=O)C(C)(C)O[C@H]1C. The summed E-state index contributed by atoms with van der Waals surface area (Å²) in [5.41, 5.74) is -0.828. The lowest BCUT2D eigenvalue weighted by Gasteiger charge is -2.14. The number of ether oxygens (including phenoxy) is 2. The molecule has 1 saturated heterocycles. The van der Waals surface area contributed by atoms with E-state index in [4.69, 9.17) is 4.74 Å².